The monoisotopic (exact) mass is 376 g/mol. The Labute approximate surface area is 154 Å². The number of hydrogen-bond donors (Lipinski definition) is 3. The van der Waals surface area contributed by atoms with Crippen molar-refractivity contribution in [3.63, 3.8) is 0 Å². The minimum Gasteiger partial charge on any atom is -0.391 e. The third kappa shape index (κ3) is 5.66. The van der Waals surface area contributed by atoms with Crippen LogP contribution in [0.3, 0.4) is 0 Å². The number of anilines is 1. The molecule has 1 atom stereocenters. The lowest BCUT2D eigenvalue weighted by Gasteiger charge is -2.14. The molecule has 2 aromatic rings. The maximum absolute atomic E-state index is 12.5. The smallest absolute Gasteiger partial charge is 0.240 e. The van der Waals surface area contributed by atoms with Gasteiger partial charge >= 0.3 is 0 Å². The van der Waals surface area contributed by atoms with Crippen LogP contribution < -0.4 is 10.0 Å². The van der Waals surface area contributed by atoms with Crippen molar-refractivity contribution in [2.24, 2.45) is 0 Å². The molecule has 0 aromatic heterocycles. The lowest BCUT2D eigenvalue weighted by atomic mass is 10.1. The molecule has 3 N–H and O–H groups in total. The molecular formula is C19H24N2O4S. The minimum absolute atomic E-state index is 0.0784. The number of hydrogen-bond acceptors (Lipinski definition) is 4. The second kappa shape index (κ2) is 8.93. The first-order valence-electron chi connectivity index (χ1n) is 8.44. The van der Waals surface area contributed by atoms with Crippen LogP contribution in [0, 0.1) is 6.92 Å². The highest BCUT2D eigenvalue weighted by Crippen LogP contribution is 2.20. The van der Waals surface area contributed by atoms with Gasteiger partial charge in [0.2, 0.25) is 15.9 Å². The van der Waals surface area contributed by atoms with Crippen LogP contribution in [0.5, 0.6) is 0 Å². The summed E-state index contributed by atoms with van der Waals surface area (Å²) in [5.74, 6) is -0.137. The maximum atomic E-state index is 12.5. The number of rotatable bonds is 8. The predicted molar refractivity (Wildman–Crippen MR) is 101 cm³/mol. The van der Waals surface area contributed by atoms with Gasteiger partial charge < -0.3 is 10.4 Å². The van der Waals surface area contributed by atoms with Crippen molar-refractivity contribution in [3.05, 3.63) is 59.7 Å². The molecule has 0 fully saturated rings. The number of amides is 1. The van der Waals surface area contributed by atoms with Crippen LogP contribution in [0.15, 0.2) is 53.4 Å². The van der Waals surface area contributed by atoms with Crippen LogP contribution in [-0.2, 0) is 21.2 Å². The molecule has 0 bridgehead atoms. The third-order valence-corrected chi connectivity index (χ3v) is 5.48. The average Bonchev–Trinajstić information content (AvgIpc) is 2.60. The van der Waals surface area contributed by atoms with E-state index in [9.17, 15) is 18.3 Å². The van der Waals surface area contributed by atoms with E-state index >= 15 is 0 Å². The molecule has 0 unspecified atom stereocenters. The molecule has 0 saturated heterocycles. The second-order valence-corrected chi connectivity index (χ2v) is 7.81. The zero-order valence-corrected chi connectivity index (χ0v) is 15.7. The molecule has 2 aromatic carbocycles. The van der Waals surface area contributed by atoms with Gasteiger partial charge in [-0.25, -0.2) is 13.1 Å². The zero-order chi connectivity index (χ0) is 19.2. The Morgan fingerprint density at radius 2 is 1.85 bits per heavy atom. The number of aliphatic hydroxyl groups is 1. The summed E-state index contributed by atoms with van der Waals surface area (Å²) in [7, 11) is -3.75. The Morgan fingerprint density at radius 3 is 2.46 bits per heavy atom. The van der Waals surface area contributed by atoms with Crippen LogP contribution in [-0.4, -0.2) is 32.1 Å². The number of aryl methyl sites for hydroxylation is 1. The van der Waals surface area contributed by atoms with Crippen molar-refractivity contribution in [2.45, 2.75) is 37.7 Å². The van der Waals surface area contributed by atoms with E-state index < -0.39 is 16.1 Å². The van der Waals surface area contributed by atoms with Gasteiger partial charge in [-0.05, 0) is 42.7 Å². The molecule has 0 radical (unpaired) electrons. The Balaban J connectivity index is 2.01. The summed E-state index contributed by atoms with van der Waals surface area (Å²) in [5, 5.41) is 12.8. The highest BCUT2D eigenvalue weighted by atomic mass is 32.2. The van der Waals surface area contributed by atoms with Crippen molar-refractivity contribution >= 4 is 21.6 Å². The molecule has 140 valence electrons. The average molecular weight is 376 g/mol. The third-order valence-electron chi connectivity index (χ3n) is 3.89. The van der Waals surface area contributed by atoms with Crippen LogP contribution in [0.2, 0.25) is 0 Å². The first-order chi connectivity index (χ1) is 12.3. The Bertz CT molecular complexity index is 851. The molecular weight excluding hydrogens is 352 g/mol. The standard InChI is InChI=1S/C19H24N2O4S/c1-3-19(23)21-16-9-10-18(14(2)11-16)26(24,25)20-13-17(22)12-15-7-5-4-6-8-15/h4-11,17,20,22H,3,12-13H2,1-2H3,(H,21,23)/t17-/m0/s1. The zero-order valence-electron chi connectivity index (χ0n) is 14.9. The summed E-state index contributed by atoms with van der Waals surface area (Å²) in [6, 6.07) is 14.0. The Morgan fingerprint density at radius 1 is 1.15 bits per heavy atom. The fourth-order valence-electron chi connectivity index (χ4n) is 2.52. The molecule has 7 heteroatoms. The van der Waals surface area contributed by atoms with Gasteiger partial charge in [0, 0.05) is 18.7 Å². The summed E-state index contributed by atoms with van der Waals surface area (Å²) in [5.41, 5.74) is 2.01. The van der Waals surface area contributed by atoms with Crippen LogP contribution in [0.25, 0.3) is 0 Å². The quantitative estimate of drug-likeness (QED) is 0.658. The topological polar surface area (TPSA) is 95.5 Å². The van der Waals surface area contributed by atoms with E-state index in [0.29, 0.717) is 24.1 Å². The van der Waals surface area contributed by atoms with Crippen molar-refractivity contribution in [1.29, 1.82) is 0 Å². The van der Waals surface area contributed by atoms with E-state index in [4.69, 9.17) is 0 Å². The number of nitrogens with one attached hydrogen (secondary N) is 2. The lowest BCUT2D eigenvalue weighted by molar-refractivity contribution is -0.115. The number of benzene rings is 2. The fraction of sp³-hybridized carbons (Fsp3) is 0.316. The molecule has 0 spiro atoms. The molecule has 0 aliphatic rings. The van der Waals surface area contributed by atoms with Gasteiger partial charge in [0.1, 0.15) is 0 Å². The summed E-state index contributed by atoms with van der Waals surface area (Å²) >= 11 is 0. The second-order valence-electron chi connectivity index (χ2n) is 6.08. The minimum atomic E-state index is -3.75. The van der Waals surface area contributed by atoms with Crippen molar-refractivity contribution in [3.8, 4) is 0 Å². The van der Waals surface area contributed by atoms with E-state index in [2.05, 4.69) is 10.0 Å². The Hall–Kier alpha value is -2.22. The van der Waals surface area contributed by atoms with Gasteiger partial charge in [-0.3, -0.25) is 4.79 Å². The highest BCUT2D eigenvalue weighted by Gasteiger charge is 2.18. The van der Waals surface area contributed by atoms with Gasteiger partial charge in [-0.2, -0.15) is 0 Å². The molecule has 0 heterocycles. The fourth-order valence-corrected chi connectivity index (χ4v) is 3.82. The first kappa shape index (κ1) is 20.1. The van der Waals surface area contributed by atoms with E-state index in [-0.39, 0.29) is 17.3 Å². The number of aliphatic hydroxyl groups excluding tert-OH is 1. The molecule has 6 nitrogen and oxygen atoms in total. The van der Waals surface area contributed by atoms with Crippen LogP contribution in [0.4, 0.5) is 5.69 Å². The summed E-state index contributed by atoms with van der Waals surface area (Å²) in [6.45, 7) is 3.33. The van der Waals surface area contributed by atoms with Gasteiger partial charge in [-0.1, -0.05) is 37.3 Å². The van der Waals surface area contributed by atoms with Crippen molar-refractivity contribution < 1.29 is 18.3 Å². The lowest BCUT2D eigenvalue weighted by Crippen LogP contribution is -2.33. The normalized spacial score (nSPS) is 12.6. The van der Waals surface area contributed by atoms with Crippen LogP contribution in [0.1, 0.15) is 24.5 Å². The predicted octanol–water partition coefficient (Wildman–Crippen LogP) is 2.23. The van der Waals surface area contributed by atoms with E-state index in [1.54, 1.807) is 26.0 Å². The largest absolute Gasteiger partial charge is 0.391 e. The van der Waals surface area contributed by atoms with E-state index in [1.165, 1.54) is 6.07 Å². The van der Waals surface area contributed by atoms with E-state index in [0.717, 1.165) is 5.56 Å². The Kier molecular flexibility index (Phi) is 6.90. The first-order valence-corrected chi connectivity index (χ1v) is 9.92. The molecule has 0 aliphatic heterocycles. The van der Waals surface area contributed by atoms with Crippen molar-refractivity contribution in [2.75, 3.05) is 11.9 Å². The summed E-state index contributed by atoms with van der Waals surface area (Å²) in [6.07, 6.45) is -0.111. The van der Waals surface area contributed by atoms with Gasteiger partial charge in [0.05, 0.1) is 11.0 Å². The van der Waals surface area contributed by atoms with Crippen LogP contribution >= 0.6 is 0 Å². The highest BCUT2D eigenvalue weighted by molar-refractivity contribution is 7.89. The van der Waals surface area contributed by atoms with E-state index in [1.807, 2.05) is 30.3 Å². The molecule has 2 rings (SSSR count). The maximum Gasteiger partial charge on any atom is 0.240 e. The van der Waals surface area contributed by atoms with Gasteiger partial charge in [0.25, 0.3) is 0 Å². The van der Waals surface area contributed by atoms with Gasteiger partial charge in [-0.15, -0.1) is 0 Å². The molecule has 1 amide bonds. The number of sulfonamides is 1. The number of carbonyl (C=O) groups is 1. The van der Waals surface area contributed by atoms with Gasteiger partial charge in [0.15, 0.2) is 0 Å². The molecule has 26 heavy (non-hydrogen) atoms. The summed E-state index contributed by atoms with van der Waals surface area (Å²) in [4.78, 5) is 11.6. The SMILES string of the molecule is CCC(=O)Nc1ccc(S(=O)(=O)NC[C@@H](O)Cc2ccccc2)c(C)c1. The summed E-state index contributed by atoms with van der Waals surface area (Å²) < 4.78 is 27.4. The molecule has 0 aliphatic carbocycles. The molecule has 0 saturated carbocycles. The number of carbonyl (C=O) groups excluding carboxylic acids is 1. The van der Waals surface area contributed by atoms with Crippen molar-refractivity contribution in [1.82, 2.24) is 4.72 Å².